The van der Waals surface area contributed by atoms with Gasteiger partial charge in [0.2, 0.25) is 0 Å². The molecule has 1 aliphatic rings. The quantitative estimate of drug-likeness (QED) is 0.679. The summed E-state index contributed by atoms with van der Waals surface area (Å²) in [6, 6.07) is 14.8. The zero-order chi connectivity index (χ0) is 20.2. The second-order valence-electron chi connectivity index (χ2n) is 6.72. The number of amides is 2. The molecule has 0 aliphatic carbocycles. The van der Waals surface area contributed by atoms with Gasteiger partial charge >= 0.3 is 0 Å². The maximum Gasteiger partial charge on any atom is 0.289 e. The number of anilines is 2. The molecule has 3 aromatic rings. The van der Waals surface area contributed by atoms with Gasteiger partial charge in [-0.05, 0) is 24.3 Å². The first-order valence-corrected chi connectivity index (χ1v) is 9.36. The number of benzene rings is 1. The number of carbonyl (C=O) groups excluding carboxylic acids is 2. The van der Waals surface area contributed by atoms with E-state index in [2.05, 4.69) is 9.97 Å². The summed E-state index contributed by atoms with van der Waals surface area (Å²) in [6.45, 7) is 1.79. The highest BCUT2D eigenvalue weighted by Crippen LogP contribution is 2.21. The Hall–Kier alpha value is -3.68. The lowest BCUT2D eigenvalue weighted by Gasteiger charge is -2.34. The summed E-state index contributed by atoms with van der Waals surface area (Å²) >= 11 is 0. The summed E-state index contributed by atoms with van der Waals surface area (Å²) < 4.78 is 5.17. The second kappa shape index (κ2) is 8.14. The van der Waals surface area contributed by atoms with Crippen LogP contribution in [0.25, 0.3) is 0 Å². The van der Waals surface area contributed by atoms with Crippen LogP contribution in [0.1, 0.15) is 21.0 Å². The molecule has 0 atom stereocenters. The van der Waals surface area contributed by atoms with Crippen LogP contribution >= 0.6 is 0 Å². The van der Waals surface area contributed by atoms with Crippen molar-refractivity contribution < 1.29 is 14.0 Å². The lowest BCUT2D eigenvalue weighted by molar-refractivity contribution is 0.0515. The average Bonchev–Trinajstić information content (AvgIpc) is 3.33. The van der Waals surface area contributed by atoms with Gasteiger partial charge in [-0.15, -0.1) is 0 Å². The van der Waals surface area contributed by atoms with Crippen LogP contribution in [0.3, 0.4) is 0 Å². The molecule has 0 unspecified atom stereocenters. The molecule has 8 heteroatoms. The standard InChI is InChI=1S/C21H21N5O3/c1-24(16-6-3-2-4-7-16)19-14-17(22-15-23-19)20(27)25-9-11-26(12-10-25)21(28)18-8-5-13-29-18/h2-8,13-15H,9-12H2,1H3. The molecule has 1 aliphatic heterocycles. The highest BCUT2D eigenvalue weighted by Gasteiger charge is 2.27. The van der Waals surface area contributed by atoms with Crippen molar-refractivity contribution in [3.05, 3.63) is 72.6 Å². The van der Waals surface area contributed by atoms with Crippen LogP contribution in [0.2, 0.25) is 0 Å². The number of hydrogen-bond donors (Lipinski definition) is 0. The first kappa shape index (κ1) is 18.7. The Morgan fingerprint density at radius 2 is 1.62 bits per heavy atom. The molecule has 2 amide bonds. The third-order valence-corrected chi connectivity index (χ3v) is 4.94. The Morgan fingerprint density at radius 3 is 2.28 bits per heavy atom. The Morgan fingerprint density at radius 1 is 0.931 bits per heavy atom. The summed E-state index contributed by atoms with van der Waals surface area (Å²) in [4.78, 5) is 39.0. The predicted octanol–water partition coefficient (Wildman–Crippen LogP) is 2.44. The minimum atomic E-state index is -0.166. The van der Waals surface area contributed by atoms with Gasteiger partial charge in [-0.1, -0.05) is 18.2 Å². The molecule has 8 nitrogen and oxygen atoms in total. The summed E-state index contributed by atoms with van der Waals surface area (Å²) in [5.41, 5.74) is 1.30. The van der Waals surface area contributed by atoms with Crippen LogP contribution in [-0.2, 0) is 0 Å². The van der Waals surface area contributed by atoms with Gasteiger partial charge in [0.1, 0.15) is 17.8 Å². The van der Waals surface area contributed by atoms with Crippen molar-refractivity contribution in [3.8, 4) is 0 Å². The molecule has 3 heterocycles. The molecule has 0 saturated carbocycles. The van der Waals surface area contributed by atoms with E-state index in [4.69, 9.17) is 4.42 Å². The van der Waals surface area contributed by atoms with Crippen molar-refractivity contribution in [2.45, 2.75) is 0 Å². The number of furan rings is 1. The molecule has 1 aromatic carbocycles. The van der Waals surface area contributed by atoms with E-state index < -0.39 is 0 Å². The zero-order valence-corrected chi connectivity index (χ0v) is 16.1. The van der Waals surface area contributed by atoms with Gasteiger partial charge in [0.15, 0.2) is 5.76 Å². The molecule has 148 valence electrons. The Balaban J connectivity index is 1.42. The van der Waals surface area contributed by atoms with Crippen molar-refractivity contribution in [2.24, 2.45) is 0 Å². The average molecular weight is 391 g/mol. The lowest BCUT2D eigenvalue weighted by atomic mass is 10.2. The summed E-state index contributed by atoms with van der Waals surface area (Å²) in [5, 5.41) is 0. The third-order valence-electron chi connectivity index (χ3n) is 4.94. The maximum absolute atomic E-state index is 12.9. The molecule has 0 N–H and O–H groups in total. The van der Waals surface area contributed by atoms with Gasteiger partial charge in [-0.2, -0.15) is 0 Å². The number of aromatic nitrogens is 2. The molecule has 0 bridgehead atoms. The topological polar surface area (TPSA) is 82.8 Å². The van der Waals surface area contributed by atoms with Crippen LogP contribution in [-0.4, -0.2) is 64.8 Å². The molecule has 0 spiro atoms. The van der Waals surface area contributed by atoms with E-state index in [-0.39, 0.29) is 11.8 Å². The Kier molecular flexibility index (Phi) is 5.24. The van der Waals surface area contributed by atoms with Gasteiger partial charge in [0, 0.05) is 45.0 Å². The smallest absolute Gasteiger partial charge is 0.289 e. The second-order valence-corrected chi connectivity index (χ2v) is 6.72. The monoisotopic (exact) mass is 391 g/mol. The minimum Gasteiger partial charge on any atom is -0.459 e. The molecule has 4 rings (SSSR count). The summed E-state index contributed by atoms with van der Waals surface area (Å²) in [5.74, 6) is 0.631. The fraction of sp³-hybridized carbons (Fsp3) is 0.238. The first-order chi connectivity index (χ1) is 14.1. The Bertz CT molecular complexity index is 983. The van der Waals surface area contributed by atoms with Gasteiger partial charge in [0.05, 0.1) is 6.26 Å². The van der Waals surface area contributed by atoms with Gasteiger partial charge in [-0.25, -0.2) is 9.97 Å². The molecule has 29 heavy (non-hydrogen) atoms. The highest BCUT2D eigenvalue weighted by molar-refractivity contribution is 5.94. The van der Waals surface area contributed by atoms with E-state index in [1.54, 1.807) is 28.0 Å². The van der Waals surface area contributed by atoms with Crippen molar-refractivity contribution in [1.82, 2.24) is 19.8 Å². The van der Waals surface area contributed by atoms with E-state index in [1.165, 1.54) is 12.6 Å². The lowest BCUT2D eigenvalue weighted by Crippen LogP contribution is -2.50. The fourth-order valence-corrected chi connectivity index (χ4v) is 3.26. The minimum absolute atomic E-state index is 0.157. The number of para-hydroxylation sites is 1. The van der Waals surface area contributed by atoms with E-state index >= 15 is 0 Å². The molecular formula is C21H21N5O3. The van der Waals surface area contributed by atoms with E-state index in [9.17, 15) is 9.59 Å². The number of nitrogens with zero attached hydrogens (tertiary/aromatic N) is 5. The SMILES string of the molecule is CN(c1ccccc1)c1cc(C(=O)N2CCN(C(=O)c3ccco3)CC2)ncn1. The van der Waals surface area contributed by atoms with Crippen LogP contribution in [0, 0.1) is 0 Å². The van der Waals surface area contributed by atoms with E-state index in [0.717, 1.165) is 5.69 Å². The highest BCUT2D eigenvalue weighted by atomic mass is 16.3. The van der Waals surface area contributed by atoms with Crippen molar-refractivity contribution in [2.75, 3.05) is 38.1 Å². The summed E-state index contributed by atoms with van der Waals surface area (Å²) in [6.07, 6.45) is 2.88. The van der Waals surface area contributed by atoms with Crippen molar-refractivity contribution >= 4 is 23.3 Å². The molecule has 2 aromatic heterocycles. The molecule has 1 fully saturated rings. The van der Waals surface area contributed by atoms with Gasteiger partial charge in [-0.3, -0.25) is 9.59 Å². The largest absolute Gasteiger partial charge is 0.459 e. The number of piperazine rings is 1. The van der Waals surface area contributed by atoms with Crippen LogP contribution < -0.4 is 4.90 Å². The number of carbonyl (C=O) groups is 2. The fourth-order valence-electron chi connectivity index (χ4n) is 3.26. The normalized spacial score (nSPS) is 14.0. The van der Waals surface area contributed by atoms with Crippen molar-refractivity contribution in [1.29, 1.82) is 0 Å². The molecule has 1 saturated heterocycles. The van der Waals surface area contributed by atoms with Crippen LogP contribution in [0.15, 0.2) is 65.5 Å². The summed E-state index contributed by atoms with van der Waals surface area (Å²) in [7, 11) is 1.89. The van der Waals surface area contributed by atoms with Gasteiger partial charge in [0.25, 0.3) is 11.8 Å². The van der Waals surface area contributed by atoms with Crippen LogP contribution in [0.5, 0.6) is 0 Å². The van der Waals surface area contributed by atoms with Gasteiger partial charge < -0.3 is 19.1 Å². The maximum atomic E-state index is 12.9. The van der Waals surface area contributed by atoms with Crippen LogP contribution in [0.4, 0.5) is 11.5 Å². The Labute approximate surface area is 168 Å². The van der Waals surface area contributed by atoms with E-state index in [1.807, 2.05) is 42.3 Å². The predicted molar refractivity (Wildman–Crippen MR) is 107 cm³/mol. The molecule has 0 radical (unpaired) electrons. The number of rotatable bonds is 4. The molecular weight excluding hydrogens is 370 g/mol. The first-order valence-electron chi connectivity index (χ1n) is 9.36. The van der Waals surface area contributed by atoms with Crippen molar-refractivity contribution in [3.63, 3.8) is 0 Å². The number of hydrogen-bond acceptors (Lipinski definition) is 6. The van der Waals surface area contributed by atoms with E-state index in [0.29, 0.717) is 43.5 Å². The zero-order valence-electron chi connectivity index (χ0n) is 16.1. The third kappa shape index (κ3) is 3.96.